The smallest absolute Gasteiger partial charge is 0.183 e. The topological polar surface area (TPSA) is 56.8 Å². The zero-order chi connectivity index (χ0) is 14.3. The van der Waals surface area contributed by atoms with Crippen LogP contribution in [0.25, 0.3) is 0 Å². The second-order valence-electron chi connectivity index (χ2n) is 4.10. The van der Waals surface area contributed by atoms with Crippen LogP contribution in [0.15, 0.2) is 18.2 Å². The van der Waals surface area contributed by atoms with Gasteiger partial charge in [-0.05, 0) is 25.1 Å². The average molecular weight is 267 g/mol. The summed E-state index contributed by atoms with van der Waals surface area (Å²) in [4.78, 5) is 12.3. The molecule has 0 fully saturated rings. The minimum Gasteiger partial charge on any atom is -0.497 e. The molecule has 0 aromatic heterocycles. The Bertz CT molecular complexity index is 420. The van der Waals surface area contributed by atoms with E-state index in [0.717, 1.165) is 0 Å². The predicted molar refractivity (Wildman–Crippen MR) is 73.2 cm³/mol. The van der Waals surface area contributed by atoms with Gasteiger partial charge in [0.05, 0.1) is 32.4 Å². The SMILES string of the molecule is COCCNC(C)C(=O)c1cc(OC)ccc1OC. The van der Waals surface area contributed by atoms with Gasteiger partial charge in [-0.25, -0.2) is 0 Å². The molecular formula is C14H21NO4. The van der Waals surface area contributed by atoms with Crippen molar-refractivity contribution in [1.82, 2.24) is 5.32 Å². The Hall–Kier alpha value is -1.59. The second-order valence-corrected chi connectivity index (χ2v) is 4.10. The lowest BCUT2D eigenvalue weighted by molar-refractivity contribution is 0.0941. The Morgan fingerprint density at radius 1 is 1.26 bits per heavy atom. The van der Waals surface area contributed by atoms with Crippen molar-refractivity contribution in [1.29, 1.82) is 0 Å². The van der Waals surface area contributed by atoms with E-state index >= 15 is 0 Å². The molecule has 5 heteroatoms. The molecule has 0 bridgehead atoms. The molecule has 0 radical (unpaired) electrons. The molecular weight excluding hydrogens is 246 g/mol. The van der Waals surface area contributed by atoms with Gasteiger partial charge in [0.2, 0.25) is 0 Å². The molecule has 0 saturated carbocycles. The van der Waals surface area contributed by atoms with E-state index in [2.05, 4.69) is 5.32 Å². The number of methoxy groups -OCH3 is 3. The number of Topliss-reactive ketones (excluding diaryl/α,β-unsaturated/α-hetero) is 1. The van der Waals surface area contributed by atoms with E-state index in [1.165, 1.54) is 0 Å². The van der Waals surface area contributed by atoms with E-state index in [1.807, 2.05) is 6.92 Å². The zero-order valence-corrected chi connectivity index (χ0v) is 11.9. The molecule has 5 nitrogen and oxygen atoms in total. The fourth-order valence-corrected chi connectivity index (χ4v) is 1.71. The number of rotatable bonds is 8. The Labute approximate surface area is 113 Å². The Balaban J connectivity index is 2.84. The van der Waals surface area contributed by atoms with Gasteiger partial charge >= 0.3 is 0 Å². The molecule has 19 heavy (non-hydrogen) atoms. The highest BCUT2D eigenvalue weighted by Gasteiger charge is 2.19. The number of hydrogen-bond acceptors (Lipinski definition) is 5. The van der Waals surface area contributed by atoms with Gasteiger partial charge in [-0.3, -0.25) is 4.79 Å². The molecule has 0 spiro atoms. The summed E-state index contributed by atoms with van der Waals surface area (Å²) in [6.07, 6.45) is 0. The highest BCUT2D eigenvalue weighted by Crippen LogP contribution is 2.25. The monoisotopic (exact) mass is 267 g/mol. The quantitative estimate of drug-likeness (QED) is 0.571. The summed E-state index contributed by atoms with van der Waals surface area (Å²) < 4.78 is 15.3. The third-order valence-corrected chi connectivity index (χ3v) is 2.82. The number of ketones is 1. The van der Waals surface area contributed by atoms with E-state index < -0.39 is 0 Å². The molecule has 0 saturated heterocycles. The fraction of sp³-hybridized carbons (Fsp3) is 0.500. The van der Waals surface area contributed by atoms with Crippen LogP contribution in [0.3, 0.4) is 0 Å². The molecule has 1 aromatic carbocycles. The summed E-state index contributed by atoms with van der Waals surface area (Å²) >= 11 is 0. The van der Waals surface area contributed by atoms with E-state index in [9.17, 15) is 4.79 Å². The number of carbonyl (C=O) groups excluding carboxylic acids is 1. The van der Waals surface area contributed by atoms with Crippen LogP contribution in [-0.2, 0) is 4.74 Å². The van der Waals surface area contributed by atoms with Crippen molar-refractivity contribution in [3.8, 4) is 11.5 Å². The van der Waals surface area contributed by atoms with Crippen molar-refractivity contribution in [2.24, 2.45) is 0 Å². The highest BCUT2D eigenvalue weighted by atomic mass is 16.5. The molecule has 0 aliphatic rings. The summed E-state index contributed by atoms with van der Waals surface area (Å²) in [7, 11) is 4.73. The third-order valence-electron chi connectivity index (χ3n) is 2.82. The summed E-state index contributed by atoms with van der Waals surface area (Å²) in [5.41, 5.74) is 0.513. The number of hydrogen-bond donors (Lipinski definition) is 1. The van der Waals surface area contributed by atoms with Crippen molar-refractivity contribution in [2.45, 2.75) is 13.0 Å². The molecule has 0 heterocycles. The Kier molecular flexibility index (Phi) is 6.32. The lowest BCUT2D eigenvalue weighted by Gasteiger charge is -2.15. The van der Waals surface area contributed by atoms with Crippen LogP contribution in [0.2, 0.25) is 0 Å². The molecule has 1 atom stereocenters. The summed E-state index contributed by atoms with van der Waals surface area (Å²) in [5, 5.41) is 3.10. The van der Waals surface area contributed by atoms with Crippen LogP contribution in [0.5, 0.6) is 11.5 Å². The first kappa shape index (κ1) is 15.5. The largest absolute Gasteiger partial charge is 0.497 e. The third kappa shape index (κ3) is 4.22. The summed E-state index contributed by atoms with van der Waals surface area (Å²) in [5.74, 6) is 1.14. The summed E-state index contributed by atoms with van der Waals surface area (Å²) in [6, 6.07) is 4.87. The number of nitrogens with one attached hydrogen (secondary N) is 1. The van der Waals surface area contributed by atoms with Crippen molar-refractivity contribution < 1.29 is 19.0 Å². The van der Waals surface area contributed by atoms with Crippen LogP contribution >= 0.6 is 0 Å². The maximum atomic E-state index is 12.3. The molecule has 106 valence electrons. The fourth-order valence-electron chi connectivity index (χ4n) is 1.71. The molecule has 1 unspecified atom stereocenters. The first-order chi connectivity index (χ1) is 9.13. The normalized spacial score (nSPS) is 12.0. The maximum Gasteiger partial charge on any atom is 0.183 e. The van der Waals surface area contributed by atoms with Crippen molar-refractivity contribution >= 4 is 5.78 Å². The van der Waals surface area contributed by atoms with Crippen LogP contribution in [0.4, 0.5) is 0 Å². The van der Waals surface area contributed by atoms with Crippen LogP contribution in [0.1, 0.15) is 17.3 Å². The van der Waals surface area contributed by atoms with Gasteiger partial charge < -0.3 is 19.5 Å². The minimum absolute atomic E-state index is 0.0353. The van der Waals surface area contributed by atoms with Crippen molar-refractivity contribution in [3.05, 3.63) is 23.8 Å². The summed E-state index contributed by atoms with van der Waals surface area (Å²) in [6.45, 7) is 3.00. The van der Waals surface area contributed by atoms with Gasteiger partial charge in [0.1, 0.15) is 11.5 Å². The van der Waals surface area contributed by atoms with Crippen LogP contribution in [-0.4, -0.2) is 46.3 Å². The van der Waals surface area contributed by atoms with Gasteiger partial charge in [-0.15, -0.1) is 0 Å². The zero-order valence-electron chi connectivity index (χ0n) is 11.9. The van der Waals surface area contributed by atoms with E-state index in [0.29, 0.717) is 30.2 Å². The lowest BCUT2D eigenvalue weighted by Crippen LogP contribution is -2.36. The van der Waals surface area contributed by atoms with E-state index in [4.69, 9.17) is 14.2 Å². The van der Waals surface area contributed by atoms with Crippen molar-refractivity contribution in [3.63, 3.8) is 0 Å². The van der Waals surface area contributed by atoms with Gasteiger partial charge in [-0.2, -0.15) is 0 Å². The molecule has 1 rings (SSSR count). The molecule has 0 aliphatic carbocycles. The second kappa shape index (κ2) is 7.76. The Morgan fingerprint density at radius 2 is 2.00 bits per heavy atom. The number of carbonyl (C=O) groups is 1. The molecule has 1 N–H and O–H groups in total. The highest BCUT2D eigenvalue weighted by molar-refractivity contribution is 6.02. The van der Waals surface area contributed by atoms with E-state index in [-0.39, 0.29) is 11.8 Å². The van der Waals surface area contributed by atoms with Gasteiger partial charge in [-0.1, -0.05) is 0 Å². The maximum absolute atomic E-state index is 12.3. The standard InChI is InChI=1S/C14H21NO4/c1-10(15-7-8-17-2)14(16)12-9-11(18-3)5-6-13(12)19-4/h5-6,9-10,15H,7-8H2,1-4H3. The minimum atomic E-state index is -0.309. The number of ether oxygens (including phenoxy) is 3. The lowest BCUT2D eigenvalue weighted by atomic mass is 10.0. The van der Waals surface area contributed by atoms with Crippen LogP contribution in [0, 0.1) is 0 Å². The van der Waals surface area contributed by atoms with Crippen LogP contribution < -0.4 is 14.8 Å². The number of benzene rings is 1. The Morgan fingerprint density at radius 3 is 2.58 bits per heavy atom. The molecule has 0 amide bonds. The predicted octanol–water partition coefficient (Wildman–Crippen LogP) is 1.51. The molecule has 1 aromatic rings. The van der Waals surface area contributed by atoms with Crippen molar-refractivity contribution in [2.75, 3.05) is 34.5 Å². The molecule has 0 aliphatic heterocycles. The van der Waals surface area contributed by atoms with Gasteiger partial charge in [0.15, 0.2) is 5.78 Å². The van der Waals surface area contributed by atoms with Gasteiger partial charge in [0, 0.05) is 13.7 Å². The first-order valence-electron chi connectivity index (χ1n) is 6.12. The first-order valence-corrected chi connectivity index (χ1v) is 6.12. The van der Waals surface area contributed by atoms with Gasteiger partial charge in [0.25, 0.3) is 0 Å². The average Bonchev–Trinajstić information content (AvgIpc) is 2.45. The van der Waals surface area contributed by atoms with E-state index in [1.54, 1.807) is 39.5 Å².